The molecule has 1 amide bonds. The van der Waals surface area contributed by atoms with Crippen molar-refractivity contribution in [2.75, 3.05) is 26.8 Å². The summed E-state index contributed by atoms with van der Waals surface area (Å²) >= 11 is 0. The van der Waals surface area contributed by atoms with Crippen molar-refractivity contribution < 1.29 is 18.8 Å². The van der Waals surface area contributed by atoms with Crippen molar-refractivity contribution in [3.05, 3.63) is 58.7 Å². The first-order chi connectivity index (χ1) is 15.5. The summed E-state index contributed by atoms with van der Waals surface area (Å²) < 4.78 is 16.5. The van der Waals surface area contributed by atoms with E-state index in [0.717, 1.165) is 35.0 Å². The Hall–Kier alpha value is -3.29. The van der Waals surface area contributed by atoms with Gasteiger partial charge in [-0.2, -0.15) is 5.10 Å². The number of H-pyrrole nitrogens is 1. The number of ether oxygens (including phenoxy) is 2. The molecular weight excluding hydrogens is 408 g/mol. The fraction of sp³-hybridized carbons (Fsp3) is 0.458. The van der Waals surface area contributed by atoms with E-state index >= 15 is 0 Å². The van der Waals surface area contributed by atoms with Crippen molar-refractivity contribution in [2.24, 2.45) is 0 Å². The largest absolute Gasteiger partial charge is 0.493 e. The lowest BCUT2D eigenvalue weighted by Crippen LogP contribution is -2.29. The second kappa shape index (κ2) is 9.46. The number of rotatable bonds is 8. The van der Waals surface area contributed by atoms with Crippen LogP contribution in [0.5, 0.6) is 11.5 Å². The van der Waals surface area contributed by atoms with Crippen LogP contribution in [0.2, 0.25) is 0 Å². The molecule has 1 fully saturated rings. The van der Waals surface area contributed by atoms with Crippen LogP contribution in [0.25, 0.3) is 0 Å². The molecule has 8 nitrogen and oxygen atoms in total. The first-order valence-corrected chi connectivity index (χ1v) is 11.0. The Morgan fingerprint density at radius 2 is 2.09 bits per heavy atom. The molecule has 1 aliphatic heterocycles. The average Bonchev–Trinajstić information content (AvgIpc) is 3.53. The predicted octanol–water partition coefficient (Wildman–Crippen LogP) is 4.09. The second-order valence-corrected chi connectivity index (χ2v) is 8.46. The van der Waals surface area contributed by atoms with Crippen molar-refractivity contribution in [2.45, 2.75) is 45.4 Å². The number of aryl methyl sites for hydroxylation is 1. The van der Waals surface area contributed by atoms with Crippen LogP contribution >= 0.6 is 0 Å². The van der Waals surface area contributed by atoms with E-state index in [1.54, 1.807) is 14.0 Å². The molecule has 4 rings (SSSR count). The van der Waals surface area contributed by atoms with Gasteiger partial charge in [-0.05, 0) is 37.5 Å². The molecule has 1 unspecified atom stereocenters. The lowest BCUT2D eigenvalue weighted by molar-refractivity contribution is 0.0787. The minimum absolute atomic E-state index is 0.00378. The fourth-order valence-corrected chi connectivity index (χ4v) is 4.11. The number of nitrogens with one attached hydrogen (secondary N) is 1. The van der Waals surface area contributed by atoms with Gasteiger partial charge in [0.25, 0.3) is 5.91 Å². The highest BCUT2D eigenvalue weighted by atomic mass is 16.5. The van der Waals surface area contributed by atoms with Crippen molar-refractivity contribution in [1.82, 2.24) is 20.3 Å². The Balaban J connectivity index is 1.34. The van der Waals surface area contributed by atoms with Crippen molar-refractivity contribution in [3.8, 4) is 11.5 Å². The quantitative estimate of drug-likeness (QED) is 0.569. The van der Waals surface area contributed by atoms with Gasteiger partial charge < -0.3 is 18.9 Å². The lowest BCUT2D eigenvalue weighted by Gasteiger charge is -2.16. The van der Waals surface area contributed by atoms with Gasteiger partial charge in [-0.15, -0.1) is 0 Å². The molecule has 1 N–H and O–H groups in total. The highest BCUT2D eigenvalue weighted by Crippen LogP contribution is 2.30. The maximum absolute atomic E-state index is 13.1. The number of benzene rings is 1. The van der Waals surface area contributed by atoms with E-state index < -0.39 is 0 Å². The maximum atomic E-state index is 13.1. The fourth-order valence-electron chi connectivity index (χ4n) is 4.11. The van der Waals surface area contributed by atoms with Gasteiger partial charge in [-0.3, -0.25) is 9.89 Å². The number of methoxy groups -OCH3 is 1. The summed E-state index contributed by atoms with van der Waals surface area (Å²) in [6, 6.07) is 9.68. The molecule has 3 heterocycles. The standard InChI is InChI=1S/C24H30N4O4/c1-15(2)23-22(16(3)32-27-23)24(29)28-11-9-17(14-28)19-13-18(25-26-19)10-12-31-21-8-6-5-7-20(21)30-4/h5-8,13,15,17H,9-12,14H2,1-4H3,(H,25,26). The zero-order valence-electron chi connectivity index (χ0n) is 19.1. The molecule has 8 heteroatoms. The summed E-state index contributed by atoms with van der Waals surface area (Å²) in [5.74, 6) is 2.37. The number of amides is 1. The summed E-state index contributed by atoms with van der Waals surface area (Å²) in [5, 5.41) is 11.7. The number of nitrogens with zero attached hydrogens (tertiary/aromatic N) is 3. The van der Waals surface area contributed by atoms with Gasteiger partial charge >= 0.3 is 0 Å². The van der Waals surface area contributed by atoms with Gasteiger partial charge in [0.05, 0.1) is 25.1 Å². The zero-order valence-corrected chi connectivity index (χ0v) is 19.1. The molecule has 2 aromatic heterocycles. The number of carbonyl (C=O) groups is 1. The van der Waals surface area contributed by atoms with Crippen molar-refractivity contribution >= 4 is 5.91 Å². The van der Waals surface area contributed by atoms with E-state index in [9.17, 15) is 4.79 Å². The molecule has 32 heavy (non-hydrogen) atoms. The number of likely N-dealkylation sites (tertiary alicyclic amines) is 1. The van der Waals surface area contributed by atoms with Crippen LogP contribution in [0.3, 0.4) is 0 Å². The number of para-hydroxylation sites is 2. The van der Waals surface area contributed by atoms with Crippen molar-refractivity contribution in [3.63, 3.8) is 0 Å². The van der Waals surface area contributed by atoms with Crippen LogP contribution in [0.4, 0.5) is 0 Å². The van der Waals surface area contributed by atoms with E-state index in [1.165, 1.54) is 0 Å². The number of aromatic nitrogens is 3. The molecular formula is C24H30N4O4. The third-order valence-corrected chi connectivity index (χ3v) is 5.89. The van der Waals surface area contributed by atoms with Crippen LogP contribution in [-0.2, 0) is 6.42 Å². The smallest absolute Gasteiger partial charge is 0.259 e. The molecule has 1 saturated heterocycles. The van der Waals surface area contributed by atoms with Gasteiger partial charge in [0, 0.05) is 31.1 Å². The molecule has 0 spiro atoms. The second-order valence-electron chi connectivity index (χ2n) is 8.46. The van der Waals surface area contributed by atoms with Crippen LogP contribution < -0.4 is 9.47 Å². The molecule has 1 atom stereocenters. The predicted molar refractivity (Wildman–Crippen MR) is 119 cm³/mol. The molecule has 0 bridgehead atoms. The van der Waals surface area contributed by atoms with E-state index in [0.29, 0.717) is 37.4 Å². The van der Waals surface area contributed by atoms with Gasteiger partial charge in [0.1, 0.15) is 11.3 Å². The molecule has 1 aromatic carbocycles. The normalized spacial score (nSPS) is 16.0. The number of carbonyl (C=O) groups excluding carboxylic acids is 1. The van der Waals surface area contributed by atoms with Crippen LogP contribution in [0.15, 0.2) is 34.9 Å². The summed E-state index contributed by atoms with van der Waals surface area (Å²) in [5.41, 5.74) is 3.33. The molecule has 0 radical (unpaired) electrons. The summed E-state index contributed by atoms with van der Waals surface area (Å²) in [4.78, 5) is 15.0. The topological polar surface area (TPSA) is 93.5 Å². The van der Waals surface area contributed by atoms with Crippen LogP contribution in [0, 0.1) is 6.92 Å². The lowest BCUT2D eigenvalue weighted by atomic mass is 10.0. The van der Waals surface area contributed by atoms with Crippen LogP contribution in [0.1, 0.15) is 65.3 Å². The third kappa shape index (κ3) is 4.49. The summed E-state index contributed by atoms with van der Waals surface area (Å²) in [6.45, 7) is 7.69. The van der Waals surface area contributed by atoms with E-state index in [2.05, 4.69) is 21.4 Å². The van der Waals surface area contributed by atoms with Gasteiger partial charge in [-0.25, -0.2) is 0 Å². The Morgan fingerprint density at radius 3 is 2.84 bits per heavy atom. The molecule has 3 aromatic rings. The Bertz CT molecular complexity index is 1070. The Morgan fingerprint density at radius 1 is 1.31 bits per heavy atom. The van der Waals surface area contributed by atoms with Gasteiger partial charge in [-0.1, -0.05) is 31.1 Å². The number of hydrogen-bond donors (Lipinski definition) is 1. The Labute approximate surface area is 187 Å². The summed E-state index contributed by atoms with van der Waals surface area (Å²) in [7, 11) is 1.63. The van der Waals surface area contributed by atoms with E-state index in [4.69, 9.17) is 14.0 Å². The minimum atomic E-state index is -0.00378. The highest BCUT2D eigenvalue weighted by molar-refractivity contribution is 5.96. The minimum Gasteiger partial charge on any atom is -0.493 e. The monoisotopic (exact) mass is 438 g/mol. The number of aromatic amines is 1. The van der Waals surface area contributed by atoms with E-state index in [1.807, 2.05) is 43.0 Å². The zero-order chi connectivity index (χ0) is 22.7. The first kappa shape index (κ1) is 21.9. The van der Waals surface area contributed by atoms with Gasteiger partial charge in [0.15, 0.2) is 11.5 Å². The third-order valence-electron chi connectivity index (χ3n) is 5.89. The molecule has 0 saturated carbocycles. The highest BCUT2D eigenvalue weighted by Gasteiger charge is 2.33. The summed E-state index contributed by atoms with van der Waals surface area (Å²) in [6.07, 6.45) is 1.59. The molecule has 170 valence electrons. The van der Waals surface area contributed by atoms with E-state index in [-0.39, 0.29) is 17.7 Å². The molecule has 0 aliphatic carbocycles. The van der Waals surface area contributed by atoms with Crippen LogP contribution in [-0.4, -0.2) is 53.0 Å². The SMILES string of the molecule is COc1ccccc1OCCc1cc(C2CCN(C(=O)c3c(C(C)C)noc3C)C2)n[nH]1. The Kier molecular flexibility index (Phi) is 6.48. The average molecular weight is 439 g/mol. The first-order valence-electron chi connectivity index (χ1n) is 11.0. The molecule has 1 aliphatic rings. The van der Waals surface area contributed by atoms with Gasteiger partial charge in [0.2, 0.25) is 0 Å². The number of hydrogen-bond acceptors (Lipinski definition) is 6. The maximum Gasteiger partial charge on any atom is 0.259 e. The van der Waals surface area contributed by atoms with Crippen molar-refractivity contribution in [1.29, 1.82) is 0 Å².